The molecule has 3 heterocycles. The molecule has 0 aliphatic carbocycles. The Morgan fingerprint density at radius 1 is 1.32 bits per heavy atom. The van der Waals surface area contributed by atoms with Gasteiger partial charge in [-0.3, -0.25) is 14.6 Å². The molecule has 2 saturated heterocycles. The van der Waals surface area contributed by atoms with Crippen LogP contribution in [-0.2, 0) is 9.53 Å². The van der Waals surface area contributed by atoms with Gasteiger partial charge in [0.05, 0.1) is 23.2 Å². The fourth-order valence-electron chi connectivity index (χ4n) is 5.09. The second-order valence-electron chi connectivity index (χ2n) is 9.64. The number of nitrogens with one attached hydrogen (secondary N) is 2. The average molecular weight is 527 g/mol. The Kier molecular flexibility index (Phi) is 10.1. The van der Waals surface area contributed by atoms with E-state index in [1.807, 2.05) is 36.1 Å². The maximum absolute atomic E-state index is 13.0. The molecule has 3 atom stereocenters. The van der Waals surface area contributed by atoms with E-state index in [1.165, 1.54) is 25.9 Å². The van der Waals surface area contributed by atoms with E-state index in [4.69, 9.17) is 4.74 Å². The SMILES string of the molecule is CCN1C(=O)C(CCNc2cccc(C(=O)NCCCN3CCCC3)c2)SC1CC(C#N)C1=NCCO1. The van der Waals surface area contributed by atoms with Crippen LogP contribution in [0.4, 0.5) is 5.69 Å². The van der Waals surface area contributed by atoms with E-state index in [0.29, 0.717) is 57.1 Å². The van der Waals surface area contributed by atoms with E-state index in [0.717, 1.165) is 18.7 Å². The first kappa shape index (κ1) is 27.3. The van der Waals surface area contributed by atoms with Crippen LogP contribution in [0.5, 0.6) is 0 Å². The van der Waals surface area contributed by atoms with Gasteiger partial charge in [0, 0.05) is 37.3 Å². The second kappa shape index (κ2) is 13.7. The lowest BCUT2D eigenvalue weighted by molar-refractivity contribution is -0.129. The number of nitriles is 1. The van der Waals surface area contributed by atoms with Crippen molar-refractivity contribution in [2.24, 2.45) is 10.9 Å². The third-order valence-corrected chi connectivity index (χ3v) is 8.59. The van der Waals surface area contributed by atoms with Crippen molar-refractivity contribution in [2.45, 2.75) is 49.7 Å². The zero-order valence-corrected chi connectivity index (χ0v) is 22.5. The molecule has 200 valence electrons. The van der Waals surface area contributed by atoms with Crippen molar-refractivity contribution in [2.75, 3.05) is 57.7 Å². The Morgan fingerprint density at radius 3 is 2.89 bits per heavy atom. The van der Waals surface area contributed by atoms with E-state index >= 15 is 0 Å². The first-order valence-electron chi connectivity index (χ1n) is 13.5. The lowest BCUT2D eigenvalue weighted by Crippen LogP contribution is -2.36. The number of amides is 2. The van der Waals surface area contributed by atoms with Crippen LogP contribution >= 0.6 is 11.8 Å². The topological polar surface area (TPSA) is 110 Å². The lowest BCUT2D eigenvalue weighted by Gasteiger charge is -2.23. The number of carbonyl (C=O) groups is 2. The highest BCUT2D eigenvalue weighted by Gasteiger charge is 2.41. The number of benzene rings is 1. The highest BCUT2D eigenvalue weighted by Crippen LogP contribution is 2.37. The van der Waals surface area contributed by atoms with Crippen molar-refractivity contribution in [3.05, 3.63) is 29.8 Å². The highest BCUT2D eigenvalue weighted by atomic mass is 32.2. The molecule has 3 unspecified atom stereocenters. The van der Waals surface area contributed by atoms with E-state index in [9.17, 15) is 14.9 Å². The summed E-state index contributed by atoms with van der Waals surface area (Å²) in [6.07, 6.45) is 4.72. The summed E-state index contributed by atoms with van der Waals surface area (Å²) in [5.41, 5.74) is 1.50. The van der Waals surface area contributed by atoms with Gasteiger partial charge >= 0.3 is 0 Å². The van der Waals surface area contributed by atoms with Gasteiger partial charge in [0.25, 0.3) is 5.91 Å². The van der Waals surface area contributed by atoms with Crippen molar-refractivity contribution in [3.8, 4) is 6.07 Å². The van der Waals surface area contributed by atoms with Crippen molar-refractivity contribution in [1.82, 2.24) is 15.1 Å². The number of likely N-dealkylation sites (tertiary alicyclic amines) is 1. The van der Waals surface area contributed by atoms with Crippen molar-refractivity contribution in [3.63, 3.8) is 0 Å². The molecule has 1 aromatic rings. The molecule has 10 heteroatoms. The Bertz CT molecular complexity index is 1010. The van der Waals surface area contributed by atoms with E-state index in [-0.39, 0.29) is 22.4 Å². The van der Waals surface area contributed by atoms with Gasteiger partial charge in [0.1, 0.15) is 12.5 Å². The van der Waals surface area contributed by atoms with Gasteiger partial charge in [-0.25, -0.2) is 0 Å². The maximum atomic E-state index is 13.0. The number of anilines is 1. The van der Waals surface area contributed by atoms with Gasteiger partial charge in [-0.05, 0) is 70.4 Å². The Morgan fingerprint density at radius 2 is 2.16 bits per heavy atom. The number of thioether (sulfide) groups is 1. The van der Waals surface area contributed by atoms with Gasteiger partial charge in [0.15, 0.2) is 0 Å². The highest BCUT2D eigenvalue weighted by molar-refractivity contribution is 8.01. The number of ether oxygens (including phenoxy) is 1. The maximum Gasteiger partial charge on any atom is 0.251 e. The van der Waals surface area contributed by atoms with Crippen molar-refractivity contribution in [1.29, 1.82) is 5.26 Å². The van der Waals surface area contributed by atoms with E-state index in [1.54, 1.807) is 11.8 Å². The fraction of sp³-hybridized carbons (Fsp3) is 0.630. The molecule has 37 heavy (non-hydrogen) atoms. The summed E-state index contributed by atoms with van der Waals surface area (Å²) in [6, 6.07) is 9.80. The zero-order chi connectivity index (χ0) is 26.0. The number of hydrogen-bond donors (Lipinski definition) is 2. The molecule has 2 N–H and O–H groups in total. The molecule has 3 aliphatic heterocycles. The Hall–Kier alpha value is -2.77. The van der Waals surface area contributed by atoms with Crippen LogP contribution in [0.1, 0.15) is 49.4 Å². The molecular formula is C27H38N6O3S. The third-order valence-electron chi connectivity index (χ3n) is 7.06. The standard InChI is InChI=1S/C27H38N6O3S/c1-2-33-24(18-21(19-28)26-31-12-16-36-26)37-23(27(33)35)9-11-29-22-8-5-7-20(17-22)25(34)30-10-6-15-32-13-3-4-14-32/h5,7-8,17,21,23-24,29H,2-4,6,9-16,18H2,1H3,(H,30,34). The molecule has 0 radical (unpaired) electrons. The molecule has 0 aromatic heterocycles. The molecule has 2 fully saturated rings. The van der Waals surface area contributed by atoms with Crippen molar-refractivity contribution < 1.29 is 14.3 Å². The summed E-state index contributed by atoms with van der Waals surface area (Å²) in [5, 5.41) is 15.8. The van der Waals surface area contributed by atoms with Gasteiger partial charge in [-0.15, -0.1) is 11.8 Å². The van der Waals surface area contributed by atoms with Gasteiger partial charge < -0.3 is 25.2 Å². The van der Waals surface area contributed by atoms with Gasteiger partial charge in [-0.2, -0.15) is 5.26 Å². The van der Waals surface area contributed by atoms with Crippen LogP contribution in [0.25, 0.3) is 0 Å². The monoisotopic (exact) mass is 526 g/mol. The molecule has 2 amide bonds. The predicted molar refractivity (Wildman–Crippen MR) is 147 cm³/mol. The second-order valence-corrected chi connectivity index (χ2v) is 11.0. The number of rotatable bonds is 13. The first-order valence-corrected chi connectivity index (χ1v) is 14.4. The fourth-order valence-corrected chi connectivity index (χ4v) is 6.67. The minimum absolute atomic E-state index is 0.0588. The molecule has 9 nitrogen and oxygen atoms in total. The van der Waals surface area contributed by atoms with Crippen LogP contribution in [0.3, 0.4) is 0 Å². The van der Waals surface area contributed by atoms with Gasteiger partial charge in [-0.1, -0.05) is 6.07 Å². The minimum atomic E-state index is -0.423. The number of aliphatic imine (C=N–C) groups is 1. The molecular weight excluding hydrogens is 488 g/mol. The Balaban J connectivity index is 1.22. The van der Waals surface area contributed by atoms with Crippen LogP contribution in [-0.4, -0.2) is 90.6 Å². The lowest BCUT2D eigenvalue weighted by atomic mass is 10.1. The summed E-state index contributed by atoms with van der Waals surface area (Å²) in [7, 11) is 0. The summed E-state index contributed by atoms with van der Waals surface area (Å²) in [6.45, 7) is 8.39. The molecule has 4 rings (SSSR count). The molecule has 3 aliphatic rings. The van der Waals surface area contributed by atoms with Crippen LogP contribution in [0.2, 0.25) is 0 Å². The molecule has 0 spiro atoms. The largest absolute Gasteiger partial charge is 0.478 e. The summed E-state index contributed by atoms with van der Waals surface area (Å²) < 4.78 is 5.50. The quantitative estimate of drug-likeness (QED) is 0.380. The summed E-state index contributed by atoms with van der Waals surface area (Å²) >= 11 is 1.62. The average Bonchev–Trinajstić information content (AvgIpc) is 3.68. The zero-order valence-electron chi connectivity index (χ0n) is 21.7. The van der Waals surface area contributed by atoms with Crippen LogP contribution in [0.15, 0.2) is 29.3 Å². The molecule has 0 bridgehead atoms. The normalized spacial score (nSPS) is 22.4. The number of carbonyl (C=O) groups excluding carboxylic acids is 2. The Labute approximate surface area is 224 Å². The summed E-state index contributed by atoms with van der Waals surface area (Å²) in [5.74, 6) is 0.142. The first-order chi connectivity index (χ1) is 18.1. The van der Waals surface area contributed by atoms with Crippen LogP contribution in [0, 0.1) is 17.2 Å². The number of nitrogens with zero attached hydrogens (tertiary/aromatic N) is 4. The van der Waals surface area contributed by atoms with E-state index in [2.05, 4.69) is 26.6 Å². The third kappa shape index (κ3) is 7.39. The molecule has 0 saturated carbocycles. The predicted octanol–water partition coefficient (Wildman–Crippen LogP) is 2.95. The smallest absolute Gasteiger partial charge is 0.251 e. The number of hydrogen-bond acceptors (Lipinski definition) is 8. The van der Waals surface area contributed by atoms with Crippen LogP contribution < -0.4 is 10.6 Å². The van der Waals surface area contributed by atoms with Crippen molar-refractivity contribution >= 4 is 35.2 Å². The minimum Gasteiger partial charge on any atom is -0.478 e. The van der Waals surface area contributed by atoms with Gasteiger partial charge in [0.2, 0.25) is 11.8 Å². The summed E-state index contributed by atoms with van der Waals surface area (Å²) in [4.78, 5) is 34.2. The van der Waals surface area contributed by atoms with E-state index < -0.39 is 5.92 Å². The molecule has 1 aromatic carbocycles.